The van der Waals surface area contributed by atoms with Crippen LogP contribution in [0.4, 0.5) is 0 Å². The van der Waals surface area contributed by atoms with E-state index in [1.54, 1.807) is 0 Å². The molecule has 0 aromatic carbocycles. The van der Waals surface area contributed by atoms with Gasteiger partial charge in [-0.25, -0.2) is 0 Å². The van der Waals surface area contributed by atoms with Crippen molar-refractivity contribution in [1.29, 1.82) is 0 Å². The zero-order valence-electron chi connectivity index (χ0n) is 46.8. The van der Waals surface area contributed by atoms with E-state index < -0.39 is 6.10 Å². The third-order valence-electron chi connectivity index (χ3n) is 11.8. The summed E-state index contributed by atoms with van der Waals surface area (Å²) in [5.74, 6) is -1.02. The number of hydrogen-bond acceptors (Lipinski definition) is 6. The zero-order chi connectivity index (χ0) is 52.9. The quantitative estimate of drug-likeness (QED) is 0.0199. The van der Waals surface area contributed by atoms with Crippen molar-refractivity contribution in [1.82, 2.24) is 0 Å². The lowest BCUT2D eigenvalue weighted by atomic mass is 10.1. The Kier molecular flexibility index (Phi) is 56.0. The fourth-order valence-electron chi connectivity index (χ4n) is 7.49. The molecule has 410 valence electrons. The molecule has 0 bridgehead atoms. The summed E-state index contributed by atoms with van der Waals surface area (Å²) in [5, 5.41) is 0. The molecule has 0 aliphatic rings. The summed E-state index contributed by atoms with van der Waals surface area (Å²) in [7, 11) is 0. The van der Waals surface area contributed by atoms with Crippen LogP contribution in [0.3, 0.4) is 0 Å². The highest BCUT2D eigenvalue weighted by Gasteiger charge is 2.19. The third kappa shape index (κ3) is 58.1. The Labute approximate surface area is 448 Å². The normalized spacial score (nSPS) is 13.2. The van der Waals surface area contributed by atoms with E-state index in [1.807, 2.05) is 0 Å². The number of esters is 3. The molecule has 1 atom stereocenters. The van der Waals surface area contributed by atoms with E-state index >= 15 is 0 Å². The lowest BCUT2D eigenvalue weighted by Gasteiger charge is -2.18. The van der Waals surface area contributed by atoms with E-state index in [9.17, 15) is 14.4 Å². The first-order chi connectivity index (χ1) is 36.0. The van der Waals surface area contributed by atoms with Crippen molar-refractivity contribution >= 4 is 17.9 Å². The van der Waals surface area contributed by atoms with E-state index in [2.05, 4.69) is 167 Å². The topological polar surface area (TPSA) is 78.9 Å². The molecular formula is C67H106O6. The van der Waals surface area contributed by atoms with E-state index in [4.69, 9.17) is 14.2 Å². The Morgan fingerprint density at radius 3 is 0.986 bits per heavy atom. The summed E-state index contributed by atoms with van der Waals surface area (Å²) >= 11 is 0. The molecule has 0 aliphatic carbocycles. The number of rotatable bonds is 51. The van der Waals surface area contributed by atoms with Gasteiger partial charge in [-0.05, 0) is 128 Å². The Morgan fingerprint density at radius 1 is 0.301 bits per heavy atom. The summed E-state index contributed by atoms with van der Waals surface area (Å²) in [5.41, 5.74) is 0. The van der Waals surface area contributed by atoms with Crippen molar-refractivity contribution in [3.05, 3.63) is 146 Å². The molecule has 73 heavy (non-hydrogen) atoms. The van der Waals surface area contributed by atoms with Crippen molar-refractivity contribution < 1.29 is 28.6 Å². The van der Waals surface area contributed by atoms with Crippen molar-refractivity contribution in [2.75, 3.05) is 13.2 Å². The summed E-state index contributed by atoms with van der Waals surface area (Å²) in [6.07, 6.45) is 85.5. The van der Waals surface area contributed by atoms with Gasteiger partial charge in [-0.15, -0.1) is 0 Å². The molecule has 0 saturated carbocycles. The summed E-state index contributed by atoms with van der Waals surface area (Å²) in [6.45, 7) is 6.30. The molecular weight excluding hydrogens is 901 g/mol. The van der Waals surface area contributed by atoms with Crippen LogP contribution in [0.2, 0.25) is 0 Å². The maximum absolute atomic E-state index is 12.9. The van der Waals surface area contributed by atoms with Crippen LogP contribution in [0.1, 0.15) is 239 Å². The van der Waals surface area contributed by atoms with Crippen LogP contribution in [0.15, 0.2) is 146 Å². The molecule has 6 heteroatoms. The molecule has 0 spiro atoms. The lowest BCUT2D eigenvalue weighted by molar-refractivity contribution is -0.167. The van der Waals surface area contributed by atoms with Gasteiger partial charge in [0.15, 0.2) is 6.10 Å². The van der Waals surface area contributed by atoms with E-state index in [0.717, 1.165) is 116 Å². The highest BCUT2D eigenvalue weighted by Crippen LogP contribution is 2.14. The minimum Gasteiger partial charge on any atom is -0.462 e. The molecule has 0 aromatic rings. The van der Waals surface area contributed by atoms with Crippen LogP contribution < -0.4 is 0 Å². The third-order valence-corrected chi connectivity index (χ3v) is 11.8. The Hall–Kier alpha value is -4.71. The van der Waals surface area contributed by atoms with E-state index in [0.29, 0.717) is 19.3 Å². The van der Waals surface area contributed by atoms with Gasteiger partial charge in [-0.2, -0.15) is 0 Å². The largest absolute Gasteiger partial charge is 0.462 e. The van der Waals surface area contributed by atoms with E-state index in [1.165, 1.54) is 77.0 Å². The molecule has 0 N–H and O–H groups in total. The predicted molar refractivity (Wildman–Crippen MR) is 315 cm³/mol. The van der Waals surface area contributed by atoms with Crippen molar-refractivity contribution in [2.24, 2.45) is 0 Å². The first kappa shape index (κ1) is 68.3. The van der Waals surface area contributed by atoms with Crippen LogP contribution in [0.5, 0.6) is 0 Å². The Morgan fingerprint density at radius 2 is 0.589 bits per heavy atom. The summed E-state index contributed by atoms with van der Waals surface area (Å²) in [6, 6.07) is 0. The minimum atomic E-state index is -0.824. The maximum atomic E-state index is 12.9. The van der Waals surface area contributed by atoms with Gasteiger partial charge < -0.3 is 14.2 Å². The fraction of sp³-hybridized carbons (Fsp3) is 0.597. The average molecular weight is 1010 g/mol. The number of carbonyl (C=O) groups excluding carboxylic acids is 3. The van der Waals surface area contributed by atoms with Gasteiger partial charge in [0.05, 0.1) is 0 Å². The highest BCUT2D eigenvalue weighted by molar-refractivity contribution is 5.71. The molecule has 0 radical (unpaired) electrons. The molecule has 0 saturated heterocycles. The highest BCUT2D eigenvalue weighted by atomic mass is 16.6. The van der Waals surface area contributed by atoms with Crippen molar-refractivity contribution in [3.8, 4) is 0 Å². The maximum Gasteiger partial charge on any atom is 0.306 e. The first-order valence-corrected chi connectivity index (χ1v) is 29.4. The summed E-state index contributed by atoms with van der Waals surface area (Å²) in [4.78, 5) is 38.2. The van der Waals surface area contributed by atoms with Crippen LogP contribution >= 0.6 is 0 Å². The second-order valence-corrected chi connectivity index (χ2v) is 18.8. The van der Waals surface area contributed by atoms with Crippen molar-refractivity contribution in [2.45, 2.75) is 245 Å². The SMILES string of the molecule is CC/C=C\C/C=C\C/C=C\C/C=C\C/C=C\CCCCCC(=O)OCC(COC(=O)CCC/C=C\C/C=C\C/C=C\C/C=C\C/C=C\CC)OC(=O)CCCCCCCCCCCC/C=C\C=C/CCCCC. The number of ether oxygens (including phenoxy) is 3. The Balaban J connectivity index is 4.56. The lowest BCUT2D eigenvalue weighted by Crippen LogP contribution is -2.30. The number of allylic oxidation sites excluding steroid dienone is 24. The van der Waals surface area contributed by atoms with Crippen LogP contribution in [-0.4, -0.2) is 37.2 Å². The Bertz CT molecular complexity index is 1630. The average Bonchev–Trinajstić information content (AvgIpc) is 3.39. The predicted octanol–water partition coefficient (Wildman–Crippen LogP) is 20.0. The van der Waals surface area contributed by atoms with Crippen LogP contribution in [-0.2, 0) is 28.6 Å². The molecule has 6 nitrogen and oxygen atoms in total. The van der Waals surface area contributed by atoms with Gasteiger partial charge in [-0.1, -0.05) is 237 Å². The fourth-order valence-corrected chi connectivity index (χ4v) is 7.49. The standard InChI is InChI=1S/C67H106O6/c1-4-7-10-13-16-19-22-25-28-31-33-36-39-42-45-48-51-54-57-60-66(69)72-63-64(62-71-65(68)59-56-53-50-47-44-41-38-35-30-27-24-21-18-15-12-9-6-3)73-67(70)61-58-55-52-49-46-43-40-37-34-32-29-26-23-20-17-14-11-8-5-2/h7,9-10,12,16-21,23,25-28,30,33,36,38,41-42,45,47,50,64H,4-6,8,11,13-15,22,24,29,31-32,34-35,37,39-40,43-44,46,48-49,51-63H2,1-3H3/b10-7-,12-9-,19-16-,20-17-,21-18-,26-23-,28-25-,30-27-,36-33-,41-38-,45-42-,50-47-. The van der Waals surface area contributed by atoms with Gasteiger partial charge >= 0.3 is 17.9 Å². The zero-order valence-corrected chi connectivity index (χ0v) is 46.8. The van der Waals surface area contributed by atoms with Gasteiger partial charge in [0.2, 0.25) is 0 Å². The second kappa shape index (κ2) is 59.8. The van der Waals surface area contributed by atoms with Gasteiger partial charge in [0.25, 0.3) is 0 Å². The van der Waals surface area contributed by atoms with Gasteiger partial charge in [-0.3, -0.25) is 14.4 Å². The summed E-state index contributed by atoms with van der Waals surface area (Å²) < 4.78 is 16.8. The van der Waals surface area contributed by atoms with E-state index in [-0.39, 0.29) is 37.5 Å². The monoisotopic (exact) mass is 1010 g/mol. The van der Waals surface area contributed by atoms with Gasteiger partial charge in [0.1, 0.15) is 13.2 Å². The first-order valence-electron chi connectivity index (χ1n) is 29.4. The van der Waals surface area contributed by atoms with Crippen molar-refractivity contribution in [3.63, 3.8) is 0 Å². The molecule has 0 aliphatic heterocycles. The minimum absolute atomic E-state index is 0.120. The molecule has 0 fully saturated rings. The molecule has 0 amide bonds. The smallest absolute Gasteiger partial charge is 0.306 e. The van der Waals surface area contributed by atoms with Crippen LogP contribution in [0, 0.1) is 0 Å². The molecule has 1 unspecified atom stereocenters. The molecule has 0 aromatic heterocycles. The number of unbranched alkanes of at least 4 members (excludes halogenated alkanes) is 17. The number of carbonyl (C=O) groups is 3. The number of hydrogen-bond donors (Lipinski definition) is 0. The molecule has 0 heterocycles. The second-order valence-electron chi connectivity index (χ2n) is 18.8. The van der Waals surface area contributed by atoms with Gasteiger partial charge in [0, 0.05) is 19.3 Å². The molecule has 0 rings (SSSR count). The van der Waals surface area contributed by atoms with Crippen LogP contribution in [0.25, 0.3) is 0 Å².